The fourth-order valence-corrected chi connectivity index (χ4v) is 6.47. The van der Waals surface area contributed by atoms with Crippen LogP contribution in [-0.2, 0) is 22.4 Å². The van der Waals surface area contributed by atoms with Gasteiger partial charge in [0.15, 0.2) is 0 Å². The predicted molar refractivity (Wildman–Crippen MR) is 182 cm³/mol. The normalized spacial score (nSPS) is 15.0. The number of nitrogens with zero attached hydrogens (tertiary/aromatic N) is 1. The van der Waals surface area contributed by atoms with Crippen LogP contribution in [0.4, 0.5) is 0 Å². The molecule has 3 heterocycles. The fourth-order valence-electron chi connectivity index (χ4n) is 6.47. The lowest BCUT2D eigenvalue weighted by Gasteiger charge is -2.26. The van der Waals surface area contributed by atoms with E-state index in [-0.39, 0.29) is 17.7 Å². The zero-order valence-corrected chi connectivity index (χ0v) is 25.6. The van der Waals surface area contributed by atoms with E-state index < -0.39 is 12.1 Å². The third-order valence-electron chi connectivity index (χ3n) is 9.01. The quantitative estimate of drug-likeness (QED) is 0.134. The van der Waals surface area contributed by atoms with Crippen LogP contribution in [0.2, 0.25) is 0 Å². The minimum absolute atomic E-state index is 0.0723. The number of piperidine rings is 1. The second kappa shape index (κ2) is 13.4. The van der Waals surface area contributed by atoms with Crippen molar-refractivity contribution in [2.24, 2.45) is 5.92 Å². The molecular formula is C38H38N6O2. The summed E-state index contributed by atoms with van der Waals surface area (Å²) in [5.74, 6) is 0.232. The molecule has 0 bridgehead atoms. The first-order valence-corrected chi connectivity index (χ1v) is 16.1. The van der Waals surface area contributed by atoms with Gasteiger partial charge in [0.05, 0.1) is 11.7 Å². The van der Waals surface area contributed by atoms with Gasteiger partial charge in [0.2, 0.25) is 11.8 Å². The van der Waals surface area contributed by atoms with Crippen molar-refractivity contribution in [3.05, 3.63) is 126 Å². The van der Waals surface area contributed by atoms with E-state index >= 15 is 0 Å². The summed E-state index contributed by atoms with van der Waals surface area (Å²) in [6.45, 7) is 1.60. The summed E-state index contributed by atoms with van der Waals surface area (Å²) in [4.78, 5) is 39.4. The van der Waals surface area contributed by atoms with Gasteiger partial charge in [0.25, 0.3) is 0 Å². The zero-order valence-electron chi connectivity index (χ0n) is 25.6. The number of hydrogen-bond acceptors (Lipinski definition) is 4. The first-order valence-electron chi connectivity index (χ1n) is 16.1. The average molecular weight is 611 g/mol. The lowest BCUT2D eigenvalue weighted by atomic mass is 9.96. The molecule has 1 aliphatic rings. The molecule has 4 aromatic carbocycles. The molecule has 2 aromatic heterocycles. The Morgan fingerprint density at radius 2 is 1.54 bits per heavy atom. The Labute approximate surface area is 268 Å². The number of benzene rings is 4. The highest BCUT2D eigenvalue weighted by Crippen LogP contribution is 2.25. The maximum atomic E-state index is 14.3. The van der Waals surface area contributed by atoms with E-state index in [4.69, 9.17) is 4.98 Å². The highest BCUT2D eigenvalue weighted by molar-refractivity contribution is 5.90. The van der Waals surface area contributed by atoms with E-state index in [1.54, 1.807) is 0 Å². The molecule has 46 heavy (non-hydrogen) atoms. The maximum absolute atomic E-state index is 14.3. The number of rotatable bonds is 10. The van der Waals surface area contributed by atoms with E-state index in [0.717, 1.165) is 70.0 Å². The van der Waals surface area contributed by atoms with Crippen LogP contribution in [0.3, 0.4) is 0 Å². The molecule has 0 spiro atoms. The van der Waals surface area contributed by atoms with Gasteiger partial charge < -0.3 is 25.9 Å². The van der Waals surface area contributed by atoms with Crippen molar-refractivity contribution in [1.82, 2.24) is 30.9 Å². The van der Waals surface area contributed by atoms with Crippen LogP contribution in [0, 0.1) is 5.92 Å². The Kier molecular flexibility index (Phi) is 8.61. The molecule has 8 heteroatoms. The van der Waals surface area contributed by atoms with E-state index in [1.807, 2.05) is 79.1 Å². The highest BCUT2D eigenvalue weighted by Gasteiger charge is 2.30. The van der Waals surface area contributed by atoms with Gasteiger partial charge in [-0.3, -0.25) is 9.59 Å². The average Bonchev–Trinajstić information content (AvgIpc) is 3.76. The van der Waals surface area contributed by atoms with Gasteiger partial charge >= 0.3 is 0 Å². The van der Waals surface area contributed by atoms with Crippen LogP contribution in [0.15, 0.2) is 109 Å². The summed E-state index contributed by atoms with van der Waals surface area (Å²) in [7, 11) is 0. The topological polar surface area (TPSA) is 115 Å². The van der Waals surface area contributed by atoms with Gasteiger partial charge in [-0.25, -0.2) is 4.98 Å². The number of imidazole rings is 1. The van der Waals surface area contributed by atoms with Crippen LogP contribution in [-0.4, -0.2) is 45.9 Å². The van der Waals surface area contributed by atoms with Crippen molar-refractivity contribution in [3.63, 3.8) is 0 Å². The predicted octanol–water partition coefficient (Wildman–Crippen LogP) is 5.84. The summed E-state index contributed by atoms with van der Waals surface area (Å²) in [5.41, 5.74) is 4.86. The van der Waals surface area contributed by atoms with Crippen molar-refractivity contribution in [1.29, 1.82) is 0 Å². The van der Waals surface area contributed by atoms with E-state index in [1.165, 1.54) is 0 Å². The molecule has 0 unspecified atom stereocenters. The third kappa shape index (κ3) is 6.57. The number of aromatic nitrogens is 3. The first kappa shape index (κ1) is 29.5. The Morgan fingerprint density at radius 3 is 2.39 bits per heavy atom. The molecule has 8 nitrogen and oxygen atoms in total. The SMILES string of the molecule is O=C(N[C@H](Cc1c[nH]c2ccccc12)C(=O)N[C@H](Cc1ccc2ccccc2c1)c1nc(-c2ccccc2)c[nH]1)C1CCNCC1. The van der Waals surface area contributed by atoms with Crippen molar-refractivity contribution in [3.8, 4) is 11.3 Å². The lowest BCUT2D eigenvalue weighted by molar-refractivity contribution is -0.132. The van der Waals surface area contributed by atoms with E-state index in [9.17, 15) is 9.59 Å². The Bertz CT molecular complexity index is 1960. The van der Waals surface area contributed by atoms with Crippen molar-refractivity contribution < 1.29 is 9.59 Å². The molecule has 6 aromatic rings. The van der Waals surface area contributed by atoms with E-state index in [0.29, 0.717) is 18.7 Å². The Hall–Kier alpha value is -5.21. The standard InChI is InChI=1S/C38H38N6O2/c45-37(28-16-18-39-19-17-28)44-34(22-30-23-40-32-13-7-6-12-31(30)32)38(46)43-33(21-25-14-15-26-8-4-5-11-29(26)20-25)36-41-24-35(42-36)27-9-2-1-3-10-27/h1-15,20,23-24,28,33-34,39-40H,16-19,21-22H2,(H,41,42)(H,43,46)(H,44,45)/t33-,34-/m1/s1. The first-order chi connectivity index (χ1) is 22.6. The zero-order chi connectivity index (χ0) is 31.3. The second-order valence-corrected chi connectivity index (χ2v) is 12.1. The largest absolute Gasteiger partial charge is 0.361 e. The van der Waals surface area contributed by atoms with Crippen molar-refractivity contribution in [2.45, 2.75) is 37.8 Å². The lowest BCUT2D eigenvalue weighted by Crippen LogP contribution is -2.51. The van der Waals surface area contributed by atoms with Crippen LogP contribution >= 0.6 is 0 Å². The number of carbonyl (C=O) groups excluding carboxylic acids is 2. The smallest absolute Gasteiger partial charge is 0.243 e. The van der Waals surface area contributed by atoms with Gasteiger partial charge in [-0.2, -0.15) is 0 Å². The summed E-state index contributed by atoms with van der Waals surface area (Å²) in [6, 6.07) is 31.4. The summed E-state index contributed by atoms with van der Waals surface area (Å²) in [5, 5.41) is 13.1. The molecule has 1 fully saturated rings. The number of carbonyl (C=O) groups is 2. The molecule has 0 saturated carbocycles. The maximum Gasteiger partial charge on any atom is 0.243 e. The number of hydrogen-bond donors (Lipinski definition) is 5. The summed E-state index contributed by atoms with van der Waals surface area (Å²) >= 11 is 0. The Balaban J connectivity index is 1.19. The number of fused-ring (bicyclic) bond motifs is 2. The molecular weight excluding hydrogens is 572 g/mol. The molecule has 1 saturated heterocycles. The van der Waals surface area contributed by atoms with Crippen LogP contribution in [0.1, 0.15) is 35.8 Å². The summed E-state index contributed by atoms with van der Waals surface area (Å²) in [6.07, 6.45) is 6.22. The molecule has 2 atom stereocenters. The third-order valence-corrected chi connectivity index (χ3v) is 9.01. The molecule has 5 N–H and O–H groups in total. The minimum Gasteiger partial charge on any atom is -0.361 e. The van der Waals surface area contributed by atoms with Crippen LogP contribution < -0.4 is 16.0 Å². The van der Waals surface area contributed by atoms with Crippen LogP contribution in [0.25, 0.3) is 32.9 Å². The number of nitrogens with one attached hydrogen (secondary N) is 5. The molecule has 0 aliphatic carbocycles. The van der Waals surface area contributed by atoms with Gasteiger partial charge in [-0.1, -0.05) is 91.0 Å². The monoisotopic (exact) mass is 610 g/mol. The molecule has 7 rings (SSSR count). The fraction of sp³-hybridized carbons (Fsp3) is 0.237. The van der Waals surface area contributed by atoms with Gasteiger partial charge in [0, 0.05) is 41.2 Å². The van der Waals surface area contributed by atoms with Gasteiger partial charge in [0.1, 0.15) is 11.9 Å². The number of H-pyrrole nitrogens is 2. The van der Waals surface area contributed by atoms with E-state index in [2.05, 4.69) is 56.3 Å². The second-order valence-electron chi connectivity index (χ2n) is 12.1. The minimum atomic E-state index is -0.760. The number of amides is 2. The number of para-hydroxylation sites is 1. The summed E-state index contributed by atoms with van der Waals surface area (Å²) < 4.78 is 0. The van der Waals surface area contributed by atoms with Gasteiger partial charge in [-0.05, 0) is 60.3 Å². The van der Waals surface area contributed by atoms with Gasteiger partial charge in [-0.15, -0.1) is 0 Å². The van der Waals surface area contributed by atoms with Crippen molar-refractivity contribution in [2.75, 3.05) is 13.1 Å². The van der Waals surface area contributed by atoms with Crippen molar-refractivity contribution >= 4 is 33.5 Å². The highest BCUT2D eigenvalue weighted by atomic mass is 16.2. The number of aromatic amines is 2. The molecule has 0 radical (unpaired) electrons. The Morgan fingerprint density at radius 1 is 0.783 bits per heavy atom. The molecule has 2 amide bonds. The molecule has 1 aliphatic heterocycles. The molecule has 232 valence electrons. The van der Waals surface area contributed by atoms with Crippen LogP contribution in [0.5, 0.6) is 0 Å².